The lowest BCUT2D eigenvalue weighted by Crippen LogP contribution is -2.37. The van der Waals surface area contributed by atoms with E-state index in [0.717, 1.165) is 5.01 Å². The summed E-state index contributed by atoms with van der Waals surface area (Å²) >= 11 is 0. The number of hydrogen-bond acceptors (Lipinski definition) is 4. The molecular formula is C6H9N3O2. The molecule has 0 aromatic rings. The summed E-state index contributed by atoms with van der Waals surface area (Å²) in [5.74, 6) is 0. The Morgan fingerprint density at radius 3 is 3.18 bits per heavy atom. The van der Waals surface area contributed by atoms with Crippen LogP contribution in [0.3, 0.4) is 0 Å². The molecular weight excluding hydrogens is 146 g/mol. The quantitative estimate of drug-likeness (QED) is 0.598. The third-order valence-electron chi connectivity index (χ3n) is 1.03. The van der Waals surface area contributed by atoms with E-state index in [9.17, 15) is 4.79 Å². The molecule has 1 heterocycles. The molecule has 0 spiro atoms. The van der Waals surface area contributed by atoms with Crippen molar-refractivity contribution in [1.29, 1.82) is 0 Å². The van der Waals surface area contributed by atoms with E-state index < -0.39 is 6.09 Å². The van der Waals surface area contributed by atoms with Crippen molar-refractivity contribution >= 4 is 12.3 Å². The largest absolute Gasteiger partial charge is 0.448 e. The third kappa shape index (κ3) is 1.96. The van der Waals surface area contributed by atoms with Gasteiger partial charge in [0, 0.05) is 6.20 Å². The maximum atomic E-state index is 10.9. The highest BCUT2D eigenvalue weighted by atomic mass is 16.6. The molecule has 0 saturated heterocycles. The highest BCUT2D eigenvalue weighted by Gasteiger charge is 2.10. The number of ether oxygens (including phenoxy) is 1. The van der Waals surface area contributed by atoms with Crippen LogP contribution in [0.5, 0.6) is 0 Å². The molecule has 1 aliphatic heterocycles. The fourth-order valence-corrected chi connectivity index (χ4v) is 0.591. The average molecular weight is 155 g/mol. The van der Waals surface area contributed by atoms with Crippen LogP contribution in [0, 0.1) is 0 Å². The number of hydrazone groups is 1. The van der Waals surface area contributed by atoms with Crippen LogP contribution in [0.15, 0.2) is 17.4 Å². The van der Waals surface area contributed by atoms with E-state index in [0.29, 0.717) is 6.61 Å². The normalized spacial score (nSPS) is 14.5. The van der Waals surface area contributed by atoms with E-state index in [1.54, 1.807) is 13.0 Å². The van der Waals surface area contributed by atoms with Gasteiger partial charge in [-0.25, -0.2) is 10.3 Å². The topological polar surface area (TPSA) is 53.9 Å². The van der Waals surface area contributed by atoms with Crippen LogP contribution in [0.25, 0.3) is 0 Å². The number of nitrogens with one attached hydrogen (secondary N) is 1. The average Bonchev–Trinajstić information content (AvgIpc) is 2.07. The number of nitrogens with zero attached hydrogens (tertiary/aromatic N) is 2. The van der Waals surface area contributed by atoms with Crippen molar-refractivity contribution in [2.75, 3.05) is 6.61 Å². The monoisotopic (exact) mass is 155 g/mol. The van der Waals surface area contributed by atoms with Crippen LogP contribution in [0.4, 0.5) is 4.79 Å². The Morgan fingerprint density at radius 1 is 1.82 bits per heavy atom. The van der Waals surface area contributed by atoms with Crippen molar-refractivity contribution in [1.82, 2.24) is 10.5 Å². The molecule has 1 rings (SSSR count). The maximum Gasteiger partial charge on any atom is 0.434 e. The molecule has 0 saturated carbocycles. The summed E-state index contributed by atoms with van der Waals surface area (Å²) in [5, 5.41) is 4.78. The van der Waals surface area contributed by atoms with Gasteiger partial charge in [0.15, 0.2) is 0 Å². The Kier molecular flexibility index (Phi) is 2.48. The Hall–Kier alpha value is -1.52. The molecule has 0 radical (unpaired) electrons. The first-order chi connectivity index (χ1) is 5.34. The Balaban J connectivity index is 2.42. The highest BCUT2D eigenvalue weighted by molar-refractivity contribution is 5.75. The minimum atomic E-state index is -0.458. The van der Waals surface area contributed by atoms with Crippen molar-refractivity contribution in [3.8, 4) is 0 Å². The lowest BCUT2D eigenvalue weighted by atomic mass is 10.6. The molecule has 0 aliphatic carbocycles. The fraction of sp³-hybridized carbons (Fsp3) is 0.333. The molecule has 0 unspecified atom stereocenters. The third-order valence-corrected chi connectivity index (χ3v) is 1.03. The van der Waals surface area contributed by atoms with Gasteiger partial charge >= 0.3 is 6.09 Å². The van der Waals surface area contributed by atoms with Gasteiger partial charge in [0.2, 0.25) is 0 Å². The SMILES string of the molecule is CCOC(=O)N1C=CC=NN1. The summed E-state index contributed by atoms with van der Waals surface area (Å²) in [7, 11) is 0. The zero-order valence-corrected chi connectivity index (χ0v) is 6.15. The standard InChI is InChI=1S/C6H9N3O2/c1-2-11-6(10)9-5-3-4-7-8-9/h3-5,8H,2H2,1H3. The first-order valence-electron chi connectivity index (χ1n) is 3.26. The molecule has 0 bridgehead atoms. The molecule has 0 aromatic heterocycles. The van der Waals surface area contributed by atoms with Crippen molar-refractivity contribution in [2.45, 2.75) is 6.92 Å². The Bertz CT molecular complexity index is 200. The second-order valence-electron chi connectivity index (χ2n) is 1.79. The van der Waals surface area contributed by atoms with Crippen LogP contribution >= 0.6 is 0 Å². The summed E-state index contributed by atoms with van der Waals surface area (Å²) in [6.45, 7) is 2.10. The van der Waals surface area contributed by atoms with Gasteiger partial charge in [-0.15, -0.1) is 0 Å². The maximum absolute atomic E-state index is 10.9. The van der Waals surface area contributed by atoms with Crippen LogP contribution in [0.1, 0.15) is 6.92 Å². The first kappa shape index (κ1) is 7.59. The van der Waals surface area contributed by atoms with Crippen molar-refractivity contribution in [3.05, 3.63) is 12.3 Å². The smallest absolute Gasteiger partial charge is 0.434 e. The molecule has 11 heavy (non-hydrogen) atoms. The van der Waals surface area contributed by atoms with Crippen LogP contribution in [-0.2, 0) is 4.74 Å². The Morgan fingerprint density at radius 2 is 2.64 bits per heavy atom. The lowest BCUT2D eigenvalue weighted by molar-refractivity contribution is 0.107. The van der Waals surface area contributed by atoms with E-state index >= 15 is 0 Å². The van der Waals surface area contributed by atoms with Crippen molar-refractivity contribution < 1.29 is 9.53 Å². The van der Waals surface area contributed by atoms with Gasteiger partial charge in [-0.3, -0.25) is 0 Å². The molecule has 60 valence electrons. The summed E-state index contributed by atoms with van der Waals surface area (Å²) in [6, 6.07) is 0. The predicted molar refractivity (Wildman–Crippen MR) is 39.6 cm³/mol. The van der Waals surface area contributed by atoms with Crippen LogP contribution in [0.2, 0.25) is 0 Å². The van der Waals surface area contributed by atoms with Crippen LogP contribution < -0.4 is 5.53 Å². The van der Waals surface area contributed by atoms with Gasteiger partial charge in [0.1, 0.15) is 0 Å². The number of rotatable bonds is 1. The summed E-state index contributed by atoms with van der Waals surface area (Å²) < 4.78 is 4.68. The fourth-order valence-electron chi connectivity index (χ4n) is 0.591. The molecule has 0 fully saturated rings. The number of hydrogen-bond donors (Lipinski definition) is 1. The van der Waals surface area contributed by atoms with E-state index in [-0.39, 0.29) is 0 Å². The molecule has 0 atom stereocenters. The highest BCUT2D eigenvalue weighted by Crippen LogP contribution is 1.93. The minimum Gasteiger partial charge on any atom is -0.448 e. The van der Waals surface area contributed by atoms with Gasteiger partial charge in [0.25, 0.3) is 0 Å². The minimum absolute atomic E-state index is 0.356. The van der Waals surface area contributed by atoms with Crippen LogP contribution in [-0.4, -0.2) is 23.9 Å². The number of allylic oxidation sites excluding steroid dienone is 1. The van der Waals surface area contributed by atoms with Gasteiger partial charge in [-0.1, -0.05) is 0 Å². The van der Waals surface area contributed by atoms with E-state index in [4.69, 9.17) is 0 Å². The molecule has 1 N–H and O–H groups in total. The molecule has 1 amide bonds. The second kappa shape index (κ2) is 3.60. The summed E-state index contributed by atoms with van der Waals surface area (Å²) in [6.07, 6.45) is 4.24. The first-order valence-corrected chi connectivity index (χ1v) is 3.26. The van der Waals surface area contributed by atoms with Gasteiger partial charge in [-0.05, 0) is 13.0 Å². The number of hydrazine groups is 1. The molecule has 5 nitrogen and oxygen atoms in total. The second-order valence-corrected chi connectivity index (χ2v) is 1.79. The molecule has 5 heteroatoms. The number of amides is 1. The number of carbonyl (C=O) groups excluding carboxylic acids is 1. The molecule has 1 aliphatic rings. The summed E-state index contributed by atoms with van der Waals surface area (Å²) in [4.78, 5) is 10.9. The zero-order chi connectivity index (χ0) is 8.10. The van der Waals surface area contributed by atoms with E-state index in [1.165, 1.54) is 12.4 Å². The Labute approximate surface area is 64.3 Å². The van der Waals surface area contributed by atoms with Crippen molar-refractivity contribution in [2.24, 2.45) is 5.10 Å². The number of carbonyl (C=O) groups is 1. The molecule has 0 aromatic carbocycles. The summed E-state index contributed by atoms with van der Waals surface area (Å²) in [5.41, 5.74) is 2.45. The predicted octanol–water partition coefficient (Wildman–Crippen LogP) is 0.463. The van der Waals surface area contributed by atoms with Gasteiger partial charge < -0.3 is 4.74 Å². The van der Waals surface area contributed by atoms with E-state index in [2.05, 4.69) is 15.4 Å². The van der Waals surface area contributed by atoms with Gasteiger partial charge in [0.05, 0.1) is 12.8 Å². The zero-order valence-electron chi connectivity index (χ0n) is 6.15. The lowest BCUT2D eigenvalue weighted by Gasteiger charge is -2.17. The van der Waals surface area contributed by atoms with Gasteiger partial charge in [-0.2, -0.15) is 10.1 Å². The van der Waals surface area contributed by atoms with E-state index in [1.807, 2.05) is 0 Å². The van der Waals surface area contributed by atoms with Crippen molar-refractivity contribution in [3.63, 3.8) is 0 Å².